The van der Waals surface area contributed by atoms with E-state index in [0.717, 1.165) is 17.5 Å². The van der Waals surface area contributed by atoms with Gasteiger partial charge in [0.05, 0.1) is 19.2 Å². The number of hydrazone groups is 1. The van der Waals surface area contributed by atoms with E-state index in [1.807, 2.05) is 36.4 Å². The molecule has 1 unspecified atom stereocenters. The van der Waals surface area contributed by atoms with Crippen LogP contribution in [0.15, 0.2) is 84.0 Å². The number of hydrogen-bond donors (Lipinski definition) is 2. The Labute approximate surface area is 169 Å². The average molecular weight is 386 g/mol. The number of hydrogen-bond acceptors (Lipinski definition) is 4. The lowest BCUT2D eigenvalue weighted by Gasteiger charge is -2.18. The maximum Gasteiger partial charge on any atom is 0.244 e. The fraction of sp³-hybridized carbons (Fsp3) is 0.167. The van der Waals surface area contributed by atoms with Crippen molar-refractivity contribution < 1.29 is 14.6 Å². The highest BCUT2D eigenvalue weighted by Gasteiger charge is 2.60. The molecule has 1 aliphatic carbocycles. The molecule has 0 aromatic heterocycles. The van der Waals surface area contributed by atoms with Gasteiger partial charge in [0, 0.05) is 11.0 Å². The number of ether oxygens (including phenoxy) is 1. The van der Waals surface area contributed by atoms with Gasteiger partial charge in [-0.1, -0.05) is 60.7 Å². The molecule has 1 atom stereocenters. The zero-order valence-corrected chi connectivity index (χ0v) is 16.1. The quantitative estimate of drug-likeness (QED) is 0.499. The molecule has 1 amide bonds. The number of methoxy groups -OCH3 is 1. The highest BCUT2D eigenvalue weighted by Crippen LogP contribution is 2.58. The van der Waals surface area contributed by atoms with Crippen LogP contribution < -0.4 is 10.2 Å². The van der Waals surface area contributed by atoms with Gasteiger partial charge in [-0.2, -0.15) is 5.10 Å². The van der Waals surface area contributed by atoms with Crippen molar-refractivity contribution in [2.75, 3.05) is 7.11 Å². The van der Waals surface area contributed by atoms with Gasteiger partial charge in [0.2, 0.25) is 5.91 Å². The lowest BCUT2D eigenvalue weighted by atomic mass is 9.85. The zero-order chi connectivity index (χ0) is 20.3. The number of carbonyl (C=O) groups is 1. The number of phenols is 1. The van der Waals surface area contributed by atoms with Crippen LogP contribution in [-0.2, 0) is 10.2 Å². The fourth-order valence-electron chi connectivity index (χ4n) is 3.86. The summed E-state index contributed by atoms with van der Waals surface area (Å²) in [7, 11) is 1.55. The van der Waals surface area contributed by atoms with Gasteiger partial charge in [0.15, 0.2) is 0 Å². The van der Waals surface area contributed by atoms with Crippen molar-refractivity contribution in [3.8, 4) is 11.5 Å². The zero-order valence-electron chi connectivity index (χ0n) is 16.1. The van der Waals surface area contributed by atoms with E-state index < -0.39 is 0 Å². The van der Waals surface area contributed by atoms with Crippen LogP contribution in [0, 0.1) is 5.92 Å². The number of benzene rings is 3. The van der Waals surface area contributed by atoms with Crippen LogP contribution in [0.5, 0.6) is 11.5 Å². The van der Waals surface area contributed by atoms with Crippen molar-refractivity contribution in [1.29, 1.82) is 0 Å². The second-order valence-electron chi connectivity index (χ2n) is 7.12. The van der Waals surface area contributed by atoms with E-state index in [1.165, 1.54) is 12.3 Å². The van der Waals surface area contributed by atoms with Crippen LogP contribution in [0.1, 0.15) is 23.1 Å². The number of rotatable bonds is 6. The SMILES string of the molecule is COc1ccc(O)c(C=NNC(=O)C2CC2(c2ccccc2)c2ccccc2)c1. The third-order valence-corrected chi connectivity index (χ3v) is 5.47. The lowest BCUT2D eigenvalue weighted by Crippen LogP contribution is -2.25. The molecule has 2 N–H and O–H groups in total. The molecule has 4 rings (SSSR count). The molecule has 0 heterocycles. The van der Waals surface area contributed by atoms with E-state index >= 15 is 0 Å². The standard InChI is InChI=1S/C24H22N2O3/c1-29-20-12-13-22(27)17(14-20)16-25-26-23(28)21-15-24(21,18-8-4-2-5-9-18)19-10-6-3-7-11-19/h2-14,16,21,27H,15H2,1H3,(H,26,28). The van der Waals surface area contributed by atoms with Crippen molar-refractivity contribution >= 4 is 12.1 Å². The summed E-state index contributed by atoms with van der Waals surface area (Å²) in [5.74, 6) is 0.322. The van der Waals surface area contributed by atoms with E-state index in [9.17, 15) is 9.90 Å². The fourth-order valence-corrected chi connectivity index (χ4v) is 3.86. The molecule has 29 heavy (non-hydrogen) atoms. The number of nitrogens with one attached hydrogen (secondary N) is 1. The Morgan fingerprint density at radius 1 is 1.07 bits per heavy atom. The summed E-state index contributed by atoms with van der Waals surface area (Å²) in [5.41, 5.74) is 5.02. The second kappa shape index (κ2) is 7.80. The van der Waals surface area contributed by atoms with E-state index in [1.54, 1.807) is 19.2 Å². The molecule has 1 fully saturated rings. The summed E-state index contributed by atoms with van der Waals surface area (Å²) < 4.78 is 5.15. The third-order valence-electron chi connectivity index (χ3n) is 5.47. The van der Waals surface area contributed by atoms with Gasteiger partial charge < -0.3 is 9.84 Å². The summed E-state index contributed by atoms with van der Waals surface area (Å²) in [5, 5.41) is 14.0. The molecule has 146 valence electrons. The lowest BCUT2D eigenvalue weighted by molar-refractivity contribution is -0.122. The van der Waals surface area contributed by atoms with Crippen LogP contribution in [-0.4, -0.2) is 24.3 Å². The molecule has 0 radical (unpaired) electrons. The number of aromatic hydroxyl groups is 1. The Hall–Kier alpha value is -3.60. The van der Waals surface area contributed by atoms with Crippen molar-refractivity contribution in [3.05, 3.63) is 95.6 Å². The minimum Gasteiger partial charge on any atom is -0.507 e. The Bertz CT molecular complexity index is 993. The second-order valence-corrected chi connectivity index (χ2v) is 7.12. The minimum absolute atomic E-state index is 0.0677. The summed E-state index contributed by atoms with van der Waals surface area (Å²) in [4.78, 5) is 12.9. The molecule has 0 bridgehead atoms. The maximum atomic E-state index is 12.9. The van der Waals surface area contributed by atoms with Gasteiger partial charge in [0.25, 0.3) is 0 Å². The van der Waals surface area contributed by atoms with Gasteiger partial charge in [-0.05, 0) is 35.7 Å². The number of nitrogens with zero attached hydrogens (tertiary/aromatic N) is 1. The minimum atomic E-state index is -0.333. The Balaban J connectivity index is 1.54. The molecule has 3 aromatic carbocycles. The molecular formula is C24H22N2O3. The summed E-state index contributed by atoms with van der Waals surface area (Å²) in [6.45, 7) is 0. The van der Waals surface area contributed by atoms with Gasteiger partial charge in [0.1, 0.15) is 11.5 Å². The molecule has 0 saturated heterocycles. The first-order valence-electron chi connectivity index (χ1n) is 9.46. The molecule has 3 aromatic rings. The number of amides is 1. The third kappa shape index (κ3) is 3.59. The Morgan fingerprint density at radius 3 is 2.28 bits per heavy atom. The highest BCUT2D eigenvalue weighted by atomic mass is 16.5. The van der Waals surface area contributed by atoms with Crippen LogP contribution in [0.25, 0.3) is 0 Å². The van der Waals surface area contributed by atoms with Crippen molar-refractivity contribution in [2.24, 2.45) is 11.0 Å². The highest BCUT2D eigenvalue weighted by molar-refractivity contribution is 5.88. The number of carbonyl (C=O) groups excluding carboxylic acids is 1. The average Bonchev–Trinajstić information content (AvgIpc) is 3.53. The predicted octanol–water partition coefficient (Wildman–Crippen LogP) is 3.86. The van der Waals surface area contributed by atoms with Gasteiger partial charge >= 0.3 is 0 Å². The van der Waals surface area contributed by atoms with E-state index in [2.05, 4.69) is 34.8 Å². The van der Waals surface area contributed by atoms with E-state index in [4.69, 9.17) is 4.74 Å². The molecule has 5 heteroatoms. The summed E-state index contributed by atoms with van der Waals surface area (Å²) in [6.07, 6.45) is 2.15. The van der Waals surface area contributed by atoms with E-state index in [-0.39, 0.29) is 23.0 Å². The molecule has 0 spiro atoms. The molecule has 5 nitrogen and oxygen atoms in total. The maximum absolute atomic E-state index is 12.9. The predicted molar refractivity (Wildman–Crippen MR) is 112 cm³/mol. The van der Waals surface area contributed by atoms with Gasteiger partial charge in [-0.3, -0.25) is 4.79 Å². The summed E-state index contributed by atoms with van der Waals surface area (Å²) >= 11 is 0. The van der Waals surface area contributed by atoms with Crippen LogP contribution in [0.4, 0.5) is 0 Å². The number of phenolic OH excluding ortho intramolecular Hbond substituents is 1. The van der Waals surface area contributed by atoms with Gasteiger partial charge in [-0.15, -0.1) is 0 Å². The van der Waals surface area contributed by atoms with Crippen LogP contribution >= 0.6 is 0 Å². The van der Waals surface area contributed by atoms with Crippen molar-refractivity contribution in [3.63, 3.8) is 0 Å². The molecule has 1 saturated carbocycles. The Kier molecular flexibility index (Phi) is 5.04. The normalized spacial score (nSPS) is 17.1. The smallest absolute Gasteiger partial charge is 0.244 e. The topological polar surface area (TPSA) is 70.9 Å². The van der Waals surface area contributed by atoms with Crippen molar-refractivity contribution in [1.82, 2.24) is 5.43 Å². The van der Waals surface area contributed by atoms with Crippen LogP contribution in [0.2, 0.25) is 0 Å². The first-order chi connectivity index (χ1) is 14.1. The van der Waals surface area contributed by atoms with E-state index in [0.29, 0.717) is 11.3 Å². The van der Waals surface area contributed by atoms with Crippen LogP contribution in [0.3, 0.4) is 0 Å². The first kappa shape index (κ1) is 18.7. The first-order valence-corrected chi connectivity index (χ1v) is 9.46. The largest absolute Gasteiger partial charge is 0.507 e. The molecule has 0 aliphatic heterocycles. The summed E-state index contributed by atoms with van der Waals surface area (Å²) in [6, 6.07) is 25.0. The molecular weight excluding hydrogens is 364 g/mol. The monoisotopic (exact) mass is 386 g/mol. The van der Waals surface area contributed by atoms with Gasteiger partial charge in [-0.25, -0.2) is 5.43 Å². The van der Waals surface area contributed by atoms with Crippen molar-refractivity contribution in [2.45, 2.75) is 11.8 Å². The Morgan fingerprint density at radius 2 is 1.69 bits per heavy atom. The molecule has 1 aliphatic rings.